The van der Waals surface area contributed by atoms with E-state index in [9.17, 15) is 0 Å². The summed E-state index contributed by atoms with van der Waals surface area (Å²) in [7, 11) is 0. The molecule has 20 heavy (non-hydrogen) atoms. The zero-order valence-electron chi connectivity index (χ0n) is 14.1. The molecule has 2 atom stereocenters. The number of hydrogen-bond donors (Lipinski definition) is 0. The van der Waals surface area contributed by atoms with Gasteiger partial charge in [0.1, 0.15) is 0 Å². The van der Waals surface area contributed by atoms with Gasteiger partial charge in [-0.1, -0.05) is 71.4 Å². The zero-order valence-corrected chi connectivity index (χ0v) is 14.1. The maximum atomic E-state index is 5.77. The molecule has 118 valence electrons. The summed E-state index contributed by atoms with van der Waals surface area (Å²) < 4.78 is 5.77. The first-order chi connectivity index (χ1) is 9.74. The number of rotatable bonds is 13. The Morgan fingerprint density at radius 3 is 2.15 bits per heavy atom. The van der Waals surface area contributed by atoms with Crippen LogP contribution in [0.2, 0.25) is 0 Å². The third kappa shape index (κ3) is 9.58. The van der Waals surface area contributed by atoms with Crippen molar-refractivity contribution in [2.75, 3.05) is 0 Å². The van der Waals surface area contributed by atoms with E-state index < -0.39 is 0 Å². The van der Waals surface area contributed by atoms with Crippen LogP contribution < -0.4 is 0 Å². The molecular weight excluding hydrogens is 244 g/mol. The second kappa shape index (κ2) is 11.4. The maximum absolute atomic E-state index is 5.77. The van der Waals surface area contributed by atoms with Gasteiger partial charge in [0, 0.05) is 0 Å². The zero-order chi connectivity index (χ0) is 14.6. The minimum Gasteiger partial charge on any atom is -0.370 e. The monoisotopic (exact) mass is 280 g/mol. The molecule has 0 spiro atoms. The van der Waals surface area contributed by atoms with Gasteiger partial charge in [-0.15, -0.1) is 0 Å². The van der Waals surface area contributed by atoms with E-state index in [1.807, 2.05) is 0 Å². The van der Waals surface area contributed by atoms with Crippen molar-refractivity contribution >= 4 is 0 Å². The molecule has 1 saturated heterocycles. The first-order valence-corrected chi connectivity index (χ1v) is 9.04. The van der Waals surface area contributed by atoms with Gasteiger partial charge in [0.25, 0.3) is 0 Å². The van der Waals surface area contributed by atoms with Crippen LogP contribution in [-0.4, -0.2) is 12.2 Å². The van der Waals surface area contributed by atoms with Gasteiger partial charge in [0.15, 0.2) is 0 Å². The van der Waals surface area contributed by atoms with Crippen molar-refractivity contribution in [3.63, 3.8) is 0 Å². The van der Waals surface area contributed by atoms with E-state index in [0.29, 0.717) is 12.2 Å². The molecule has 0 aromatic carbocycles. The van der Waals surface area contributed by atoms with Crippen LogP contribution in [0.4, 0.5) is 0 Å². The van der Waals surface area contributed by atoms with Crippen LogP contribution in [0.25, 0.3) is 0 Å². The van der Waals surface area contributed by atoms with Gasteiger partial charge in [0.2, 0.25) is 0 Å². The molecule has 0 bridgehead atoms. The smallest absolute Gasteiger partial charge is 0.0841 e. The topological polar surface area (TPSA) is 12.5 Å². The summed E-state index contributed by atoms with van der Waals surface area (Å²) in [6, 6.07) is 0. The van der Waals surface area contributed by atoms with Crippen molar-refractivity contribution in [1.29, 1.82) is 0 Å². The van der Waals surface area contributed by atoms with Gasteiger partial charge in [-0.2, -0.15) is 0 Å². The van der Waals surface area contributed by atoms with E-state index in [1.54, 1.807) is 0 Å². The molecule has 0 N–H and O–H groups in total. The molecule has 0 radical (unpaired) electrons. The van der Waals surface area contributed by atoms with Crippen LogP contribution in [0.1, 0.15) is 91.4 Å². The largest absolute Gasteiger partial charge is 0.370 e. The lowest BCUT2D eigenvalue weighted by atomic mass is 10.0. The lowest BCUT2D eigenvalue weighted by Gasteiger charge is -2.02. The lowest BCUT2D eigenvalue weighted by Crippen LogP contribution is -1.95. The average Bonchev–Trinajstić information content (AvgIpc) is 3.16. The molecule has 0 amide bonds. The van der Waals surface area contributed by atoms with E-state index in [0.717, 1.165) is 5.92 Å². The van der Waals surface area contributed by atoms with Gasteiger partial charge in [0.05, 0.1) is 12.2 Å². The first-order valence-electron chi connectivity index (χ1n) is 9.04. The van der Waals surface area contributed by atoms with Crippen LogP contribution >= 0.6 is 0 Å². The quantitative estimate of drug-likeness (QED) is 0.220. The van der Waals surface area contributed by atoms with Crippen molar-refractivity contribution in [2.45, 2.75) is 104 Å². The van der Waals surface area contributed by atoms with Crippen LogP contribution in [0.5, 0.6) is 0 Å². The standard InChI is InChI=1S/C19H36O/c1-4-5-6-7-8-9-10-11-15-18-19(20-18)16-13-12-14-17(2)3/h5-6,17-19H,4,7-16H2,1-3H3/b6-5+. The van der Waals surface area contributed by atoms with Gasteiger partial charge < -0.3 is 4.74 Å². The number of ether oxygens (including phenoxy) is 1. The number of hydrogen-bond acceptors (Lipinski definition) is 1. The fourth-order valence-corrected chi connectivity index (χ4v) is 2.83. The second-order valence-corrected chi connectivity index (χ2v) is 6.76. The highest BCUT2D eigenvalue weighted by atomic mass is 16.6. The van der Waals surface area contributed by atoms with Crippen LogP contribution in [0.15, 0.2) is 12.2 Å². The summed E-state index contributed by atoms with van der Waals surface area (Å²) in [6.07, 6.45) is 20.5. The fourth-order valence-electron chi connectivity index (χ4n) is 2.83. The molecule has 1 heterocycles. The Balaban J connectivity index is 1.80. The minimum absolute atomic E-state index is 0.619. The van der Waals surface area contributed by atoms with Gasteiger partial charge >= 0.3 is 0 Å². The molecule has 0 saturated carbocycles. The van der Waals surface area contributed by atoms with E-state index in [4.69, 9.17) is 4.74 Å². The molecule has 2 unspecified atom stereocenters. The molecule has 0 aliphatic carbocycles. The van der Waals surface area contributed by atoms with Crippen molar-refractivity contribution in [3.8, 4) is 0 Å². The summed E-state index contributed by atoms with van der Waals surface area (Å²) in [6.45, 7) is 6.83. The van der Waals surface area contributed by atoms with E-state index in [-0.39, 0.29) is 0 Å². The Morgan fingerprint density at radius 1 is 0.850 bits per heavy atom. The third-order valence-electron chi connectivity index (χ3n) is 4.22. The minimum atomic E-state index is 0.619. The molecule has 0 aromatic heterocycles. The molecule has 1 nitrogen and oxygen atoms in total. The third-order valence-corrected chi connectivity index (χ3v) is 4.22. The Kier molecular flexibility index (Phi) is 10.1. The van der Waals surface area contributed by atoms with Crippen LogP contribution in [0, 0.1) is 5.92 Å². The molecule has 1 rings (SSSR count). The van der Waals surface area contributed by atoms with Gasteiger partial charge in [-0.3, -0.25) is 0 Å². The van der Waals surface area contributed by atoms with Gasteiger partial charge in [-0.25, -0.2) is 0 Å². The Bertz CT molecular complexity index is 244. The molecule has 1 aliphatic rings. The van der Waals surface area contributed by atoms with Crippen molar-refractivity contribution in [3.05, 3.63) is 12.2 Å². The number of allylic oxidation sites excluding steroid dienone is 2. The number of epoxide rings is 1. The fraction of sp³-hybridized carbons (Fsp3) is 0.895. The van der Waals surface area contributed by atoms with E-state index >= 15 is 0 Å². The van der Waals surface area contributed by atoms with Crippen molar-refractivity contribution < 1.29 is 4.74 Å². The maximum Gasteiger partial charge on any atom is 0.0841 e. The summed E-state index contributed by atoms with van der Waals surface area (Å²) in [4.78, 5) is 0. The highest BCUT2D eigenvalue weighted by Crippen LogP contribution is 2.31. The summed E-state index contributed by atoms with van der Waals surface area (Å²) >= 11 is 0. The van der Waals surface area contributed by atoms with Crippen molar-refractivity contribution in [1.82, 2.24) is 0 Å². The lowest BCUT2D eigenvalue weighted by molar-refractivity contribution is 0.346. The Labute approximate surface area is 127 Å². The average molecular weight is 280 g/mol. The molecule has 1 heteroatoms. The predicted octanol–water partition coefficient (Wildman–Crippen LogP) is 6.28. The Morgan fingerprint density at radius 2 is 1.50 bits per heavy atom. The second-order valence-electron chi connectivity index (χ2n) is 6.76. The van der Waals surface area contributed by atoms with E-state index in [2.05, 4.69) is 32.9 Å². The molecular formula is C19H36O. The van der Waals surface area contributed by atoms with Crippen molar-refractivity contribution in [2.24, 2.45) is 5.92 Å². The summed E-state index contributed by atoms with van der Waals surface area (Å²) in [5.74, 6) is 0.859. The van der Waals surface area contributed by atoms with E-state index in [1.165, 1.54) is 70.6 Å². The Hall–Kier alpha value is -0.300. The first kappa shape index (κ1) is 17.8. The van der Waals surface area contributed by atoms with Crippen LogP contribution in [0.3, 0.4) is 0 Å². The van der Waals surface area contributed by atoms with Crippen LogP contribution in [-0.2, 0) is 4.74 Å². The highest BCUT2D eigenvalue weighted by Gasteiger charge is 2.36. The van der Waals surface area contributed by atoms with Gasteiger partial charge in [-0.05, 0) is 38.0 Å². The predicted molar refractivity (Wildman–Crippen MR) is 89.1 cm³/mol. The summed E-state index contributed by atoms with van der Waals surface area (Å²) in [5, 5.41) is 0. The molecule has 0 aromatic rings. The number of unbranched alkanes of at least 4 members (excludes halogenated alkanes) is 5. The molecule has 1 fully saturated rings. The summed E-state index contributed by atoms with van der Waals surface area (Å²) in [5.41, 5.74) is 0. The highest BCUT2D eigenvalue weighted by molar-refractivity contribution is 4.84. The SMILES string of the molecule is CC/C=C/CCCCCCC1OC1CCCCC(C)C. The normalized spacial score (nSPS) is 22.0. The molecule has 1 aliphatic heterocycles.